The molecular weight excluding hydrogens is 555 g/mol. The molecule has 0 unspecified atom stereocenters. The van der Waals surface area contributed by atoms with Crippen LogP contribution in [0.4, 0.5) is 11.4 Å². The summed E-state index contributed by atoms with van der Waals surface area (Å²) in [6.45, 7) is 2.96. The number of hydrogen-bond acceptors (Lipinski definition) is 6. The Bertz CT molecular complexity index is 1600. The molecule has 3 aromatic carbocycles. The highest BCUT2D eigenvalue weighted by atomic mass is 35.5. The highest BCUT2D eigenvalue weighted by Gasteiger charge is 2.24. The topological polar surface area (TPSA) is 167 Å². The fraction of sp³-hybridized carbons (Fsp3) is 0.0909. The first-order valence-electron chi connectivity index (χ1n) is 9.85. The number of carboxylic acid groups (broad SMARTS) is 2. The molecule has 0 radical (unpaired) electrons. The SMILES string of the molecule is Cc1ccc(C(=O)O)cc1S(=O)(=O)Nc1cc(Cl)c(NS(=O)(=O)c2cc(C(=O)O)ccc2C)c(Cl)c1. The molecule has 4 N–H and O–H groups in total. The average Bonchev–Trinajstić information content (AvgIpc) is 2.76. The number of carbonyl (C=O) groups is 2. The second-order valence-electron chi connectivity index (χ2n) is 7.60. The minimum atomic E-state index is -4.33. The number of anilines is 2. The predicted molar refractivity (Wildman–Crippen MR) is 134 cm³/mol. The van der Waals surface area contributed by atoms with Gasteiger partial charge in [-0.05, 0) is 61.4 Å². The van der Waals surface area contributed by atoms with E-state index in [-0.39, 0.29) is 53.5 Å². The van der Waals surface area contributed by atoms with Gasteiger partial charge in [0.25, 0.3) is 20.0 Å². The van der Waals surface area contributed by atoms with Crippen molar-refractivity contribution in [2.24, 2.45) is 0 Å². The van der Waals surface area contributed by atoms with Crippen molar-refractivity contribution >= 4 is 66.6 Å². The standard InChI is InChI=1S/C22H18Cl2N2O8S2/c1-11-3-5-13(21(27)28)7-18(11)35(31,32)25-15-9-16(23)20(17(24)10-15)26-36(33,34)19-8-14(22(29)30)6-4-12(19)2/h3-10,25-26H,1-2H3,(H,27,28)(H,29,30). The maximum absolute atomic E-state index is 12.9. The van der Waals surface area contributed by atoms with E-state index < -0.39 is 32.0 Å². The number of hydrogen-bond donors (Lipinski definition) is 4. The summed E-state index contributed by atoms with van der Waals surface area (Å²) < 4.78 is 56.1. The minimum Gasteiger partial charge on any atom is -0.478 e. The zero-order valence-electron chi connectivity index (χ0n) is 18.5. The van der Waals surface area contributed by atoms with Crippen LogP contribution >= 0.6 is 23.2 Å². The molecule has 0 aliphatic heterocycles. The van der Waals surface area contributed by atoms with Crippen LogP contribution in [0, 0.1) is 13.8 Å². The van der Waals surface area contributed by atoms with E-state index in [1.54, 1.807) is 0 Å². The Balaban J connectivity index is 1.96. The van der Waals surface area contributed by atoms with E-state index in [0.29, 0.717) is 0 Å². The summed E-state index contributed by atoms with van der Waals surface area (Å²) in [6, 6.07) is 9.40. The van der Waals surface area contributed by atoms with Crippen molar-refractivity contribution in [1.29, 1.82) is 0 Å². The Labute approximate surface area is 216 Å². The lowest BCUT2D eigenvalue weighted by atomic mass is 10.1. The fourth-order valence-electron chi connectivity index (χ4n) is 3.17. The molecule has 0 fully saturated rings. The molecule has 0 aliphatic rings. The van der Waals surface area contributed by atoms with Crippen LogP contribution in [0.2, 0.25) is 10.0 Å². The molecule has 190 valence electrons. The van der Waals surface area contributed by atoms with Crippen molar-refractivity contribution in [3.05, 3.63) is 80.8 Å². The lowest BCUT2D eigenvalue weighted by molar-refractivity contribution is 0.0685. The molecule has 0 bridgehead atoms. The minimum absolute atomic E-state index is 0.114. The molecule has 0 aliphatic carbocycles. The van der Waals surface area contributed by atoms with Gasteiger partial charge in [-0.1, -0.05) is 35.3 Å². The maximum Gasteiger partial charge on any atom is 0.335 e. The Morgan fingerprint density at radius 1 is 0.694 bits per heavy atom. The number of aromatic carboxylic acids is 2. The normalized spacial score (nSPS) is 11.7. The number of carboxylic acids is 2. The molecule has 0 aromatic heterocycles. The molecule has 3 rings (SSSR count). The van der Waals surface area contributed by atoms with Gasteiger partial charge in [-0.25, -0.2) is 26.4 Å². The van der Waals surface area contributed by atoms with E-state index in [2.05, 4.69) is 9.44 Å². The zero-order chi connectivity index (χ0) is 27.0. The second kappa shape index (κ2) is 9.97. The molecule has 0 saturated carbocycles. The van der Waals surface area contributed by atoms with E-state index in [0.717, 1.165) is 24.3 Å². The van der Waals surface area contributed by atoms with Crippen molar-refractivity contribution in [2.75, 3.05) is 9.44 Å². The third kappa shape index (κ3) is 5.73. The Morgan fingerprint density at radius 2 is 1.08 bits per heavy atom. The molecule has 10 nitrogen and oxygen atoms in total. The number of aryl methyl sites for hydroxylation is 2. The van der Waals surface area contributed by atoms with Gasteiger partial charge in [-0.15, -0.1) is 0 Å². The van der Waals surface area contributed by atoms with Crippen LogP contribution in [-0.4, -0.2) is 39.0 Å². The maximum atomic E-state index is 12.9. The Kier molecular flexibility index (Phi) is 7.55. The summed E-state index contributed by atoms with van der Waals surface area (Å²) in [5.74, 6) is -2.62. The molecule has 0 atom stereocenters. The van der Waals surface area contributed by atoms with Crippen LogP contribution in [0.3, 0.4) is 0 Å². The van der Waals surface area contributed by atoms with Gasteiger partial charge in [0.2, 0.25) is 0 Å². The van der Waals surface area contributed by atoms with Crippen LogP contribution in [-0.2, 0) is 20.0 Å². The van der Waals surface area contributed by atoms with Gasteiger partial charge in [0.05, 0.1) is 42.3 Å². The number of nitrogens with one attached hydrogen (secondary N) is 2. The van der Waals surface area contributed by atoms with E-state index in [1.165, 1.54) is 38.1 Å². The second-order valence-corrected chi connectivity index (χ2v) is 11.7. The quantitative estimate of drug-likeness (QED) is 0.303. The largest absolute Gasteiger partial charge is 0.478 e. The molecule has 14 heteroatoms. The lowest BCUT2D eigenvalue weighted by Gasteiger charge is -2.16. The van der Waals surface area contributed by atoms with E-state index >= 15 is 0 Å². The lowest BCUT2D eigenvalue weighted by Crippen LogP contribution is -2.17. The smallest absolute Gasteiger partial charge is 0.335 e. The summed E-state index contributed by atoms with van der Waals surface area (Å²) >= 11 is 12.4. The van der Waals surface area contributed by atoms with Crippen molar-refractivity contribution < 1.29 is 36.6 Å². The average molecular weight is 573 g/mol. The van der Waals surface area contributed by atoms with Crippen LogP contribution in [0.15, 0.2) is 58.3 Å². The van der Waals surface area contributed by atoms with Gasteiger partial charge in [0.15, 0.2) is 0 Å². The van der Waals surface area contributed by atoms with Crippen LogP contribution in [0.25, 0.3) is 0 Å². The Morgan fingerprint density at radius 3 is 1.47 bits per heavy atom. The molecule has 3 aromatic rings. The first kappa shape index (κ1) is 27.3. The predicted octanol–water partition coefficient (Wildman–Crippen LogP) is 4.61. The third-order valence-electron chi connectivity index (χ3n) is 4.98. The molecule has 36 heavy (non-hydrogen) atoms. The van der Waals surface area contributed by atoms with Gasteiger partial charge < -0.3 is 10.2 Å². The molecule has 0 heterocycles. The number of rotatable bonds is 8. The first-order valence-corrected chi connectivity index (χ1v) is 13.6. The molecule has 0 saturated heterocycles. The van der Waals surface area contributed by atoms with Crippen molar-refractivity contribution in [2.45, 2.75) is 23.6 Å². The third-order valence-corrected chi connectivity index (χ3v) is 8.59. The van der Waals surface area contributed by atoms with Crippen LogP contribution < -0.4 is 9.44 Å². The zero-order valence-corrected chi connectivity index (χ0v) is 21.7. The summed E-state index contributed by atoms with van der Waals surface area (Å²) in [5, 5.41) is 17.8. The van der Waals surface area contributed by atoms with Crippen molar-refractivity contribution in [3.63, 3.8) is 0 Å². The fourth-order valence-corrected chi connectivity index (χ4v) is 6.55. The van der Waals surface area contributed by atoms with E-state index in [4.69, 9.17) is 33.4 Å². The molecule has 0 amide bonds. The Hall–Kier alpha value is -3.32. The number of benzene rings is 3. The first-order chi connectivity index (χ1) is 16.6. The van der Waals surface area contributed by atoms with Crippen LogP contribution in [0.1, 0.15) is 31.8 Å². The molecule has 0 spiro atoms. The monoisotopic (exact) mass is 572 g/mol. The van der Waals surface area contributed by atoms with Gasteiger partial charge in [-0.2, -0.15) is 0 Å². The van der Waals surface area contributed by atoms with Crippen molar-refractivity contribution in [1.82, 2.24) is 0 Å². The van der Waals surface area contributed by atoms with Gasteiger partial charge in [0.1, 0.15) is 0 Å². The summed E-state index contributed by atoms with van der Waals surface area (Å²) in [5.41, 5.74) is -0.298. The molecular formula is C22H18Cl2N2O8S2. The van der Waals surface area contributed by atoms with E-state index in [9.17, 15) is 26.4 Å². The summed E-state index contributed by atoms with van der Waals surface area (Å²) in [4.78, 5) is 21.9. The van der Waals surface area contributed by atoms with E-state index in [1.807, 2.05) is 0 Å². The number of sulfonamides is 2. The van der Waals surface area contributed by atoms with Crippen molar-refractivity contribution in [3.8, 4) is 0 Å². The summed E-state index contributed by atoms with van der Waals surface area (Å²) in [7, 11) is -8.60. The number of halogens is 2. The van der Waals surface area contributed by atoms with Gasteiger partial charge >= 0.3 is 11.9 Å². The van der Waals surface area contributed by atoms with Gasteiger partial charge in [0, 0.05) is 0 Å². The summed E-state index contributed by atoms with van der Waals surface area (Å²) in [6.07, 6.45) is 0. The van der Waals surface area contributed by atoms with Gasteiger partial charge in [-0.3, -0.25) is 9.44 Å². The highest BCUT2D eigenvalue weighted by molar-refractivity contribution is 7.93. The highest BCUT2D eigenvalue weighted by Crippen LogP contribution is 2.36. The van der Waals surface area contributed by atoms with Crippen LogP contribution in [0.5, 0.6) is 0 Å².